The van der Waals surface area contributed by atoms with Gasteiger partial charge in [0.2, 0.25) is 0 Å². The molecule has 0 spiro atoms. The molecule has 0 aliphatic heterocycles. The van der Waals surface area contributed by atoms with Gasteiger partial charge in [0.1, 0.15) is 0 Å². The molecular weight excluding hydrogens is 283 g/mol. The summed E-state index contributed by atoms with van der Waals surface area (Å²) < 4.78 is 0. The zero-order chi connectivity index (χ0) is 10.3. The van der Waals surface area contributed by atoms with Crippen molar-refractivity contribution in [3.05, 3.63) is 33.8 Å². The van der Waals surface area contributed by atoms with Crippen molar-refractivity contribution < 1.29 is 0 Å². The van der Waals surface area contributed by atoms with Crippen molar-refractivity contribution in [2.24, 2.45) is 11.8 Å². The van der Waals surface area contributed by atoms with Gasteiger partial charge in [0, 0.05) is 14.9 Å². The highest BCUT2D eigenvalue weighted by Gasteiger charge is 2.39. The molecule has 3 unspecified atom stereocenters. The van der Waals surface area contributed by atoms with Crippen molar-refractivity contribution in [2.45, 2.75) is 18.2 Å². The van der Waals surface area contributed by atoms with Gasteiger partial charge in [-0.1, -0.05) is 52.1 Å². The number of rotatable bonds is 2. The summed E-state index contributed by atoms with van der Waals surface area (Å²) in [5.41, 5.74) is 1.16. The van der Waals surface area contributed by atoms with E-state index < -0.39 is 0 Å². The molecule has 0 heterocycles. The average molecular weight is 294 g/mol. The predicted molar refractivity (Wildman–Crippen MR) is 65.4 cm³/mol. The third kappa shape index (κ3) is 2.10. The smallest absolute Gasteiger partial charge is 0.0464 e. The lowest BCUT2D eigenvalue weighted by Crippen LogP contribution is -1.94. The average Bonchev–Trinajstić information content (AvgIpc) is 2.81. The van der Waals surface area contributed by atoms with Gasteiger partial charge in [-0.2, -0.15) is 0 Å². The molecule has 3 atom stereocenters. The highest BCUT2D eigenvalue weighted by molar-refractivity contribution is 9.09. The molecule has 0 nitrogen and oxygen atoms in total. The molecule has 76 valence electrons. The Morgan fingerprint density at radius 2 is 2.07 bits per heavy atom. The third-order valence-corrected chi connectivity index (χ3v) is 4.54. The van der Waals surface area contributed by atoms with E-state index in [1.54, 1.807) is 6.07 Å². The summed E-state index contributed by atoms with van der Waals surface area (Å²) >= 11 is 15.7. The van der Waals surface area contributed by atoms with Crippen LogP contribution in [0.5, 0.6) is 0 Å². The van der Waals surface area contributed by atoms with E-state index in [9.17, 15) is 0 Å². The van der Waals surface area contributed by atoms with E-state index in [0.29, 0.717) is 9.85 Å². The molecule has 1 aromatic rings. The highest BCUT2D eigenvalue weighted by atomic mass is 79.9. The van der Waals surface area contributed by atoms with Gasteiger partial charge in [-0.05, 0) is 36.0 Å². The zero-order valence-electron chi connectivity index (χ0n) is 7.81. The Kier molecular flexibility index (Phi) is 3.11. The lowest BCUT2D eigenvalue weighted by atomic mass is 10.1. The minimum atomic E-state index is 0.377. The van der Waals surface area contributed by atoms with E-state index in [0.717, 1.165) is 22.4 Å². The van der Waals surface area contributed by atoms with Gasteiger partial charge in [0.15, 0.2) is 0 Å². The molecule has 1 fully saturated rings. The molecule has 0 saturated heterocycles. The molecular formula is C11H11BrCl2. The molecule has 0 aromatic heterocycles. The molecule has 0 radical (unpaired) electrons. The molecule has 0 bridgehead atoms. The van der Waals surface area contributed by atoms with Gasteiger partial charge in [-0.15, -0.1) is 0 Å². The van der Waals surface area contributed by atoms with Gasteiger partial charge in [0.25, 0.3) is 0 Å². The molecule has 1 aromatic carbocycles. The van der Waals surface area contributed by atoms with Crippen molar-refractivity contribution in [2.75, 3.05) is 0 Å². The van der Waals surface area contributed by atoms with Crippen molar-refractivity contribution >= 4 is 39.1 Å². The second kappa shape index (κ2) is 4.03. The maximum Gasteiger partial charge on any atom is 0.0464 e. The summed E-state index contributed by atoms with van der Waals surface area (Å²) in [6.07, 6.45) is 1.29. The first-order valence-electron chi connectivity index (χ1n) is 4.68. The van der Waals surface area contributed by atoms with Crippen LogP contribution >= 0.6 is 39.1 Å². The molecule has 1 saturated carbocycles. The fourth-order valence-electron chi connectivity index (χ4n) is 1.71. The number of benzene rings is 1. The Bertz CT molecular complexity index is 351. The maximum atomic E-state index is 6.13. The summed E-state index contributed by atoms with van der Waals surface area (Å²) in [4.78, 5) is 0.377. The fourth-order valence-corrected chi connectivity index (χ4v) is 3.51. The Balaban J connectivity index is 2.23. The van der Waals surface area contributed by atoms with E-state index in [4.69, 9.17) is 23.2 Å². The van der Waals surface area contributed by atoms with Gasteiger partial charge in [-0.25, -0.2) is 0 Å². The van der Waals surface area contributed by atoms with Crippen molar-refractivity contribution in [3.8, 4) is 0 Å². The van der Waals surface area contributed by atoms with Crippen LogP contribution in [0.3, 0.4) is 0 Å². The van der Waals surface area contributed by atoms with Crippen molar-refractivity contribution in [3.63, 3.8) is 0 Å². The number of hydrogen-bond acceptors (Lipinski definition) is 0. The number of alkyl halides is 1. The summed E-state index contributed by atoms with van der Waals surface area (Å²) in [5, 5.41) is 1.46. The normalized spacial score (nSPS) is 27.4. The van der Waals surface area contributed by atoms with E-state index in [1.165, 1.54) is 6.42 Å². The Hall–Kier alpha value is 0.280. The van der Waals surface area contributed by atoms with E-state index in [1.807, 2.05) is 12.1 Å². The first-order chi connectivity index (χ1) is 6.59. The monoisotopic (exact) mass is 292 g/mol. The molecule has 3 heteroatoms. The highest BCUT2D eigenvalue weighted by Crippen LogP contribution is 2.52. The maximum absolute atomic E-state index is 6.13. The lowest BCUT2D eigenvalue weighted by Gasteiger charge is -2.11. The zero-order valence-corrected chi connectivity index (χ0v) is 10.9. The summed E-state index contributed by atoms with van der Waals surface area (Å²) in [5.74, 6) is 1.54. The van der Waals surface area contributed by atoms with Crippen LogP contribution in [0.4, 0.5) is 0 Å². The van der Waals surface area contributed by atoms with Gasteiger partial charge >= 0.3 is 0 Å². The van der Waals surface area contributed by atoms with E-state index in [-0.39, 0.29) is 0 Å². The molecule has 2 rings (SSSR count). The Labute approximate surface area is 103 Å². The SMILES string of the molecule is CC1CC1C(Br)c1ccc(Cl)cc1Cl. The van der Waals surface area contributed by atoms with Crippen molar-refractivity contribution in [1.29, 1.82) is 0 Å². The molecule has 1 aliphatic carbocycles. The topological polar surface area (TPSA) is 0 Å². The first kappa shape index (κ1) is 10.8. The van der Waals surface area contributed by atoms with Crippen LogP contribution in [0.2, 0.25) is 10.0 Å². The summed E-state index contributed by atoms with van der Waals surface area (Å²) in [6, 6.07) is 5.71. The molecule has 0 amide bonds. The minimum absolute atomic E-state index is 0.377. The second-order valence-corrected chi connectivity index (χ2v) is 5.77. The van der Waals surface area contributed by atoms with E-state index >= 15 is 0 Å². The van der Waals surface area contributed by atoms with Crippen LogP contribution in [0.25, 0.3) is 0 Å². The van der Waals surface area contributed by atoms with Crippen LogP contribution in [-0.2, 0) is 0 Å². The van der Waals surface area contributed by atoms with Crippen molar-refractivity contribution in [1.82, 2.24) is 0 Å². The number of hydrogen-bond donors (Lipinski definition) is 0. The van der Waals surface area contributed by atoms with Gasteiger partial charge in [0.05, 0.1) is 0 Å². The Morgan fingerprint density at radius 3 is 2.57 bits per heavy atom. The largest absolute Gasteiger partial charge is 0.0843 e. The Morgan fingerprint density at radius 1 is 1.43 bits per heavy atom. The molecule has 14 heavy (non-hydrogen) atoms. The molecule has 0 N–H and O–H groups in total. The second-order valence-electron chi connectivity index (χ2n) is 3.94. The van der Waals surface area contributed by atoms with Gasteiger partial charge < -0.3 is 0 Å². The van der Waals surface area contributed by atoms with Crippen LogP contribution in [-0.4, -0.2) is 0 Å². The minimum Gasteiger partial charge on any atom is -0.0843 e. The standard InChI is InChI=1S/C11H11BrCl2/c1-6-4-9(6)11(12)8-3-2-7(13)5-10(8)14/h2-3,5-6,9,11H,4H2,1H3. The van der Waals surface area contributed by atoms with Crippen LogP contribution in [0, 0.1) is 11.8 Å². The van der Waals surface area contributed by atoms with Crippen LogP contribution in [0.15, 0.2) is 18.2 Å². The van der Waals surface area contributed by atoms with Crippen LogP contribution < -0.4 is 0 Å². The van der Waals surface area contributed by atoms with E-state index in [2.05, 4.69) is 22.9 Å². The first-order valence-corrected chi connectivity index (χ1v) is 6.36. The predicted octanol–water partition coefficient (Wildman–Crippen LogP) is 5.09. The fraction of sp³-hybridized carbons (Fsp3) is 0.455. The summed E-state index contributed by atoms with van der Waals surface area (Å²) in [7, 11) is 0. The van der Waals surface area contributed by atoms with Crippen LogP contribution in [0.1, 0.15) is 23.7 Å². The lowest BCUT2D eigenvalue weighted by molar-refractivity contribution is 0.740. The summed E-state index contributed by atoms with van der Waals surface area (Å²) in [6.45, 7) is 2.27. The number of halogens is 3. The molecule has 1 aliphatic rings. The van der Waals surface area contributed by atoms with Gasteiger partial charge in [-0.3, -0.25) is 0 Å². The third-order valence-electron chi connectivity index (χ3n) is 2.81. The quantitative estimate of drug-likeness (QED) is 0.667.